The molecular weight excluding hydrogens is 745 g/mol. The van der Waals surface area contributed by atoms with Gasteiger partial charge in [0.2, 0.25) is 0 Å². The molecule has 278 valence electrons. The lowest BCUT2D eigenvalue weighted by Gasteiger charge is -2.36. The van der Waals surface area contributed by atoms with Crippen molar-refractivity contribution >= 4 is 89.5 Å². The highest BCUT2D eigenvalue weighted by atomic mass is 32.2. The Kier molecular flexibility index (Phi) is 8.28. The normalized spacial score (nSPS) is 13.5. The zero-order chi connectivity index (χ0) is 38.8. The first-order valence-corrected chi connectivity index (χ1v) is 21.3. The average Bonchev–Trinajstić information content (AvgIpc) is 3.62. The van der Waals surface area contributed by atoms with Crippen LogP contribution < -0.4 is 14.5 Å². The maximum atomic E-state index is 7.04. The van der Waals surface area contributed by atoms with Gasteiger partial charge in [-0.05, 0) is 101 Å². The molecule has 0 saturated carbocycles. The van der Waals surface area contributed by atoms with Crippen molar-refractivity contribution < 1.29 is 4.74 Å². The van der Waals surface area contributed by atoms with Crippen molar-refractivity contribution in [3.8, 4) is 11.5 Å². The fourth-order valence-electron chi connectivity index (χ4n) is 8.76. The number of rotatable bonds is 6. The molecule has 2 heterocycles. The van der Waals surface area contributed by atoms with Gasteiger partial charge >= 0.3 is 0 Å². The molecule has 11 rings (SSSR count). The maximum Gasteiger partial charge on any atom is 0.166 e. The molecule has 58 heavy (non-hydrogen) atoms. The Balaban J connectivity index is 1.22. The van der Waals surface area contributed by atoms with Gasteiger partial charge in [-0.3, -0.25) is 0 Å². The van der Waals surface area contributed by atoms with Gasteiger partial charge in [-0.15, -0.1) is 11.3 Å². The molecule has 0 saturated heterocycles. The largest absolute Gasteiger partial charge is 0.453 e. The van der Waals surface area contributed by atoms with E-state index in [1.54, 1.807) is 0 Å². The van der Waals surface area contributed by atoms with Gasteiger partial charge in [0.05, 0.1) is 21.2 Å². The Labute approximate surface area is 347 Å². The molecule has 0 atom stereocenters. The third kappa shape index (κ3) is 5.57. The summed E-state index contributed by atoms with van der Waals surface area (Å²) in [5.41, 5.74) is 11.1. The summed E-state index contributed by atoms with van der Waals surface area (Å²) in [5, 5.41) is 2.54. The van der Waals surface area contributed by atoms with Crippen LogP contribution in [0.15, 0.2) is 192 Å². The predicted octanol–water partition coefficient (Wildman–Crippen LogP) is 16.1. The second-order valence-corrected chi connectivity index (χ2v) is 17.4. The summed E-state index contributed by atoms with van der Waals surface area (Å²) >= 11 is 3.70. The number of hydrogen-bond donors (Lipinski definition) is 0. The molecule has 3 nitrogen and oxygen atoms in total. The van der Waals surface area contributed by atoms with Crippen LogP contribution >= 0.6 is 23.1 Å². The van der Waals surface area contributed by atoms with E-state index in [1.165, 1.54) is 48.1 Å². The third-order valence-corrected chi connectivity index (χ3v) is 13.9. The number of nitrogens with zero attached hydrogens (tertiary/aromatic N) is 2. The summed E-state index contributed by atoms with van der Waals surface area (Å²) < 4.78 is 9.62. The van der Waals surface area contributed by atoms with Gasteiger partial charge in [0.25, 0.3) is 0 Å². The fraction of sp³-hybridized carbons (Fsp3) is 0.0566. The highest BCUT2D eigenvalue weighted by Crippen LogP contribution is 2.59. The molecule has 0 radical (unpaired) electrons. The number of ether oxygens (including phenoxy) is 1. The topological polar surface area (TPSA) is 15.7 Å². The lowest BCUT2D eigenvalue weighted by atomic mass is 9.74. The molecule has 1 aromatic heterocycles. The number of fused-ring (bicyclic) bond motifs is 9. The van der Waals surface area contributed by atoms with E-state index in [4.69, 9.17) is 4.74 Å². The minimum absolute atomic E-state index is 0.438. The molecular formula is C53H38N2OS2. The maximum absolute atomic E-state index is 7.04. The first kappa shape index (κ1) is 34.7. The Morgan fingerprint density at radius 2 is 0.983 bits per heavy atom. The van der Waals surface area contributed by atoms with Crippen molar-refractivity contribution in [2.75, 3.05) is 9.80 Å². The van der Waals surface area contributed by atoms with Gasteiger partial charge in [0.1, 0.15) is 5.75 Å². The smallest absolute Gasteiger partial charge is 0.166 e. The molecule has 0 spiro atoms. The molecule has 9 aromatic rings. The van der Waals surface area contributed by atoms with Gasteiger partial charge < -0.3 is 14.5 Å². The molecule has 2 aliphatic rings. The highest BCUT2D eigenvalue weighted by molar-refractivity contribution is 7.99. The number of anilines is 6. The standard InChI is InChI=1S/C53H38N2OS2/c1-53(2)42-33-44(54(35-19-7-3-8-20-35)36-21-9-4-10-22-36)49-41-27-15-17-29-47(41)57-51(49)39(42)31-32-40-43(53)34-45(50-52(40)58-48-30-18-16-28-46(48)56-50)55(37-23-11-5-12-24-37)38-25-13-6-14-26-38/h3-34H,1-2H3. The molecule has 1 aliphatic heterocycles. The summed E-state index contributed by atoms with van der Waals surface area (Å²) in [6, 6.07) is 65.1. The Morgan fingerprint density at radius 3 is 1.60 bits per heavy atom. The molecule has 0 amide bonds. The van der Waals surface area contributed by atoms with Crippen molar-refractivity contribution in [1.82, 2.24) is 0 Å². The van der Waals surface area contributed by atoms with E-state index in [0.29, 0.717) is 0 Å². The van der Waals surface area contributed by atoms with Crippen LogP contribution in [-0.2, 0) is 5.41 Å². The molecule has 0 N–H and O–H groups in total. The van der Waals surface area contributed by atoms with Crippen LogP contribution in [0, 0.1) is 0 Å². The van der Waals surface area contributed by atoms with Crippen LogP contribution in [0.25, 0.3) is 32.3 Å². The second-order valence-electron chi connectivity index (χ2n) is 15.3. The predicted molar refractivity (Wildman–Crippen MR) is 247 cm³/mol. The minimum atomic E-state index is -0.438. The van der Waals surface area contributed by atoms with E-state index in [2.05, 4.69) is 218 Å². The molecule has 0 fully saturated rings. The minimum Gasteiger partial charge on any atom is -0.453 e. The molecule has 0 unspecified atom stereocenters. The van der Waals surface area contributed by atoms with Gasteiger partial charge in [0.15, 0.2) is 5.75 Å². The molecule has 8 aromatic carbocycles. The van der Waals surface area contributed by atoms with E-state index in [-0.39, 0.29) is 0 Å². The van der Waals surface area contributed by atoms with Crippen molar-refractivity contribution in [3.63, 3.8) is 0 Å². The van der Waals surface area contributed by atoms with E-state index in [1.807, 2.05) is 23.1 Å². The summed E-state index contributed by atoms with van der Waals surface area (Å²) in [4.78, 5) is 7.04. The molecule has 0 bridgehead atoms. The Morgan fingerprint density at radius 1 is 0.500 bits per heavy atom. The van der Waals surface area contributed by atoms with Crippen molar-refractivity contribution in [2.45, 2.75) is 29.1 Å². The van der Waals surface area contributed by atoms with E-state index >= 15 is 0 Å². The second kappa shape index (κ2) is 13.8. The molecule has 5 heteroatoms. The summed E-state index contributed by atoms with van der Waals surface area (Å²) in [7, 11) is 0. The first-order chi connectivity index (χ1) is 28.5. The summed E-state index contributed by atoms with van der Waals surface area (Å²) in [6.07, 6.45) is 4.74. The number of hydrogen-bond acceptors (Lipinski definition) is 5. The van der Waals surface area contributed by atoms with Crippen molar-refractivity contribution in [1.29, 1.82) is 0 Å². The highest BCUT2D eigenvalue weighted by Gasteiger charge is 2.38. The van der Waals surface area contributed by atoms with Gasteiger partial charge in [-0.25, -0.2) is 0 Å². The van der Waals surface area contributed by atoms with Crippen molar-refractivity contribution in [2.24, 2.45) is 0 Å². The number of benzene rings is 8. The lowest BCUT2D eigenvalue weighted by molar-refractivity contribution is 0.454. The van der Waals surface area contributed by atoms with E-state index < -0.39 is 5.41 Å². The van der Waals surface area contributed by atoms with Crippen molar-refractivity contribution in [3.05, 3.63) is 204 Å². The lowest BCUT2D eigenvalue weighted by Crippen LogP contribution is -2.23. The average molecular weight is 783 g/mol. The zero-order valence-corrected chi connectivity index (χ0v) is 33.7. The van der Waals surface area contributed by atoms with Crippen LogP contribution in [0.3, 0.4) is 0 Å². The zero-order valence-electron chi connectivity index (χ0n) is 32.1. The third-order valence-electron chi connectivity index (χ3n) is 11.5. The van der Waals surface area contributed by atoms with Crippen LogP contribution in [0.1, 0.15) is 36.1 Å². The van der Waals surface area contributed by atoms with E-state index in [0.717, 1.165) is 49.7 Å². The summed E-state index contributed by atoms with van der Waals surface area (Å²) in [5.74, 6) is 1.74. The quantitative estimate of drug-likeness (QED) is 0.167. The summed E-state index contributed by atoms with van der Waals surface area (Å²) in [6.45, 7) is 4.81. The van der Waals surface area contributed by atoms with E-state index in [9.17, 15) is 0 Å². The van der Waals surface area contributed by atoms with Gasteiger partial charge in [-0.1, -0.05) is 141 Å². The van der Waals surface area contributed by atoms with Crippen LogP contribution in [0.4, 0.5) is 34.1 Å². The molecule has 1 aliphatic carbocycles. The fourth-order valence-corrected chi connectivity index (χ4v) is 11.1. The van der Waals surface area contributed by atoms with Crippen LogP contribution in [0.5, 0.6) is 11.5 Å². The first-order valence-electron chi connectivity index (χ1n) is 19.7. The van der Waals surface area contributed by atoms with Crippen LogP contribution in [0.2, 0.25) is 0 Å². The monoisotopic (exact) mass is 782 g/mol. The number of para-hydroxylation sites is 5. The number of thiophene rings is 1. The SMILES string of the molecule is CC1(C)c2cc(N(c3ccccc3)c3ccccc3)c3c(c2C=Cc2c1cc(N(c1ccccc1)c1ccccc1)c1c2sc2ccccc21)Sc1ccccc1O3. The van der Waals surface area contributed by atoms with Gasteiger partial charge in [0, 0.05) is 48.3 Å². The Bertz CT molecular complexity index is 2950. The van der Waals surface area contributed by atoms with Gasteiger partial charge in [-0.2, -0.15) is 0 Å². The van der Waals surface area contributed by atoms with Crippen LogP contribution in [-0.4, -0.2) is 0 Å². The Hall–Kier alpha value is -6.53.